The molecular weight excluding hydrogens is 262 g/mol. The zero-order chi connectivity index (χ0) is 15.1. The van der Waals surface area contributed by atoms with Gasteiger partial charge in [-0.1, -0.05) is 19.9 Å². The summed E-state index contributed by atoms with van der Waals surface area (Å²) in [6.07, 6.45) is 5.71. The summed E-state index contributed by atoms with van der Waals surface area (Å²) in [6.45, 7) is 7.10. The van der Waals surface area contributed by atoms with Gasteiger partial charge < -0.3 is 10.1 Å². The zero-order valence-electron chi connectivity index (χ0n) is 13.0. The van der Waals surface area contributed by atoms with Gasteiger partial charge in [0.05, 0.1) is 6.20 Å². The van der Waals surface area contributed by atoms with Crippen molar-refractivity contribution in [3.63, 3.8) is 0 Å². The molecule has 0 fully saturated rings. The van der Waals surface area contributed by atoms with Crippen molar-refractivity contribution in [3.05, 3.63) is 47.9 Å². The molecule has 4 nitrogen and oxygen atoms in total. The van der Waals surface area contributed by atoms with Gasteiger partial charge in [-0.2, -0.15) is 0 Å². The minimum absolute atomic E-state index is 0.527. The maximum Gasteiger partial charge on any atom is 0.223 e. The van der Waals surface area contributed by atoms with Crippen LogP contribution in [0.1, 0.15) is 37.9 Å². The maximum absolute atomic E-state index is 5.85. The van der Waals surface area contributed by atoms with Gasteiger partial charge in [0.15, 0.2) is 0 Å². The van der Waals surface area contributed by atoms with E-state index in [2.05, 4.69) is 29.1 Å². The summed E-state index contributed by atoms with van der Waals surface area (Å²) < 4.78 is 5.85. The highest BCUT2D eigenvalue weighted by molar-refractivity contribution is 5.31. The van der Waals surface area contributed by atoms with Crippen LogP contribution < -0.4 is 10.1 Å². The summed E-state index contributed by atoms with van der Waals surface area (Å²) >= 11 is 0. The average molecular weight is 285 g/mol. The quantitative estimate of drug-likeness (QED) is 0.839. The third-order valence-electron chi connectivity index (χ3n) is 3.52. The molecule has 0 aliphatic carbocycles. The summed E-state index contributed by atoms with van der Waals surface area (Å²) in [7, 11) is 0. The van der Waals surface area contributed by atoms with Crippen LogP contribution in [0.4, 0.5) is 0 Å². The third kappa shape index (κ3) is 4.53. The summed E-state index contributed by atoms with van der Waals surface area (Å²) in [5.74, 6) is 1.35. The molecule has 0 atom stereocenters. The first kappa shape index (κ1) is 15.4. The highest BCUT2D eigenvalue weighted by atomic mass is 16.5. The van der Waals surface area contributed by atoms with E-state index in [0.717, 1.165) is 30.6 Å². The summed E-state index contributed by atoms with van der Waals surface area (Å²) in [6, 6.07) is 8.35. The molecule has 0 aliphatic heterocycles. The molecule has 0 unspecified atom stereocenters. The first-order valence-corrected chi connectivity index (χ1v) is 7.50. The molecule has 0 bridgehead atoms. The highest BCUT2D eigenvalue weighted by Crippen LogP contribution is 2.22. The van der Waals surface area contributed by atoms with Crippen LogP contribution in [0.25, 0.3) is 0 Å². The predicted octanol–water partition coefficient (Wildman–Crippen LogP) is 3.86. The first-order chi connectivity index (χ1) is 10.2. The predicted molar refractivity (Wildman–Crippen MR) is 84.5 cm³/mol. The van der Waals surface area contributed by atoms with Crippen molar-refractivity contribution in [1.82, 2.24) is 15.3 Å². The molecular formula is C17H23N3O. The molecule has 0 radical (unpaired) electrons. The first-order valence-electron chi connectivity index (χ1n) is 7.50. The van der Waals surface area contributed by atoms with Crippen LogP contribution in [0.15, 0.2) is 36.7 Å². The Morgan fingerprint density at radius 3 is 2.62 bits per heavy atom. The van der Waals surface area contributed by atoms with E-state index in [1.807, 2.05) is 31.2 Å². The molecule has 2 heterocycles. The van der Waals surface area contributed by atoms with Crippen LogP contribution in [0, 0.1) is 6.92 Å². The molecule has 4 heteroatoms. The Labute approximate surface area is 126 Å². The number of rotatable bonds is 7. The zero-order valence-corrected chi connectivity index (χ0v) is 13.0. The van der Waals surface area contributed by atoms with Crippen molar-refractivity contribution in [1.29, 1.82) is 0 Å². The van der Waals surface area contributed by atoms with Gasteiger partial charge in [0, 0.05) is 30.0 Å². The van der Waals surface area contributed by atoms with Crippen LogP contribution >= 0.6 is 0 Å². The van der Waals surface area contributed by atoms with Gasteiger partial charge in [0.2, 0.25) is 5.88 Å². The maximum atomic E-state index is 5.85. The van der Waals surface area contributed by atoms with Crippen molar-refractivity contribution in [2.45, 2.75) is 46.2 Å². The Kier molecular flexibility index (Phi) is 5.69. The fraction of sp³-hybridized carbons (Fsp3) is 0.412. The minimum Gasteiger partial charge on any atom is -0.437 e. The Morgan fingerprint density at radius 2 is 1.95 bits per heavy atom. The average Bonchev–Trinajstić information content (AvgIpc) is 2.52. The van der Waals surface area contributed by atoms with Crippen molar-refractivity contribution in [2.24, 2.45) is 0 Å². The number of hydrogen-bond acceptors (Lipinski definition) is 4. The van der Waals surface area contributed by atoms with Gasteiger partial charge in [-0.15, -0.1) is 0 Å². The number of aromatic nitrogens is 2. The molecule has 112 valence electrons. The second-order valence-corrected chi connectivity index (χ2v) is 5.10. The smallest absolute Gasteiger partial charge is 0.223 e. The van der Waals surface area contributed by atoms with Gasteiger partial charge in [0.25, 0.3) is 0 Å². The molecule has 0 amide bonds. The van der Waals surface area contributed by atoms with Gasteiger partial charge in [0.1, 0.15) is 5.75 Å². The molecule has 0 saturated heterocycles. The molecule has 0 aromatic carbocycles. The number of nitrogens with one attached hydrogen (secondary N) is 1. The Morgan fingerprint density at radius 1 is 1.14 bits per heavy atom. The van der Waals surface area contributed by atoms with Crippen LogP contribution in [-0.4, -0.2) is 16.0 Å². The Hall–Kier alpha value is -1.94. The van der Waals surface area contributed by atoms with E-state index >= 15 is 0 Å². The van der Waals surface area contributed by atoms with Crippen molar-refractivity contribution < 1.29 is 4.74 Å². The number of nitrogens with zero attached hydrogens (tertiary/aromatic N) is 2. The largest absolute Gasteiger partial charge is 0.437 e. The van der Waals surface area contributed by atoms with Gasteiger partial charge in [-0.25, -0.2) is 4.98 Å². The van der Waals surface area contributed by atoms with E-state index in [1.165, 1.54) is 0 Å². The lowest BCUT2D eigenvalue weighted by Crippen LogP contribution is -2.27. The van der Waals surface area contributed by atoms with Crippen molar-refractivity contribution >= 4 is 0 Å². The normalized spacial score (nSPS) is 10.9. The monoisotopic (exact) mass is 285 g/mol. The molecule has 0 spiro atoms. The lowest BCUT2D eigenvalue weighted by atomic mass is 10.1. The van der Waals surface area contributed by atoms with Crippen LogP contribution in [0.5, 0.6) is 11.6 Å². The molecule has 0 saturated carbocycles. The fourth-order valence-corrected chi connectivity index (χ4v) is 2.11. The lowest BCUT2D eigenvalue weighted by Gasteiger charge is -2.16. The molecule has 2 aromatic heterocycles. The topological polar surface area (TPSA) is 47.0 Å². The van der Waals surface area contributed by atoms with Gasteiger partial charge in [-0.3, -0.25) is 4.98 Å². The van der Waals surface area contributed by atoms with Crippen molar-refractivity contribution in [3.8, 4) is 11.6 Å². The van der Waals surface area contributed by atoms with E-state index in [9.17, 15) is 0 Å². The fourth-order valence-electron chi connectivity index (χ4n) is 2.11. The molecule has 0 aliphatic rings. The highest BCUT2D eigenvalue weighted by Gasteiger charge is 2.08. The second-order valence-electron chi connectivity index (χ2n) is 5.10. The summed E-state index contributed by atoms with van der Waals surface area (Å²) in [5, 5.41) is 3.54. The van der Waals surface area contributed by atoms with Gasteiger partial charge >= 0.3 is 0 Å². The van der Waals surface area contributed by atoms with Gasteiger partial charge in [-0.05, 0) is 38.0 Å². The number of ether oxygens (including phenoxy) is 1. The van der Waals surface area contributed by atoms with Crippen LogP contribution in [-0.2, 0) is 6.54 Å². The number of pyridine rings is 2. The van der Waals surface area contributed by atoms with Crippen molar-refractivity contribution in [2.75, 3.05) is 0 Å². The molecule has 2 rings (SSSR count). The Balaban J connectivity index is 2.07. The van der Waals surface area contributed by atoms with E-state index in [-0.39, 0.29) is 0 Å². The standard InChI is InChI=1S/C17H23N3O/c1-4-15(5-2)20-11-14-7-6-10-18-17(14)21-16-9-8-13(3)19-12-16/h6-10,12,15,20H,4-5,11H2,1-3H3. The Bertz CT molecular complexity index is 550. The number of aryl methyl sites for hydroxylation is 1. The molecule has 21 heavy (non-hydrogen) atoms. The van der Waals surface area contributed by atoms with Crippen LogP contribution in [0.3, 0.4) is 0 Å². The van der Waals surface area contributed by atoms with E-state index in [4.69, 9.17) is 4.74 Å². The molecule has 2 aromatic rings. The van der Waals surface area contributed by atoms with E-state index < -0.39 is 0 Å². The molecule has 1 N–H and O–H groups in total. The minimum atomic E-state index is 0.527. The second kappa shape index (κ2) is 7.74. The number of hydrogen-bond donors (Lipinski definition) is 1. The van der Waals surface area contributed by atoms with E-state index in [0.29, 0.717) is 17.7 Å². The van der Waals surface area contributed by atoms with E-state index in [1.54, 1.807) is 12.4 Å². The SMILES string of the molecule is CCC(CC)NCc1cccnc1Oc1ccc(C)nc1. The third-order valence-corrected chi connectivity index (χ3v) is 3.52. The summed E-state index contributed by atoms with van der Waals surface area (Å²) in [4.78, 5) is 8.57. The summed E-state index contributed by atoms with van der Waals surface area (Å²) in [5.41, 5.74) is 2.03. The lowest BCUT2D eigenvalue weighted by molar-refractivity contribution is 0.438. The van der Waals surface area contributed by atoms with Crippen LogP contribution in [0.2, 0.25) is 0 Å².